The van der Waals surface area contributed by atoms with Gasteiger partial charge in [-0.05, 0) is 12.1 Å². The monoisotopic (exact) mass is 219 g/mol. The highest BCUT2D eigenvalue weighted by Crippen LogP contribution is 2.12. The first-order valence-electron chi connectivity index (χ1n) is 4.48. The highest BCUT2D eigenvalue weighted by molar-refractivity contribution is 7.67. The van der Waals surface area contributed by atoms with Gasteiger partial charge in [0.25, 0.3) is 0 Å². The first-order valence-corrected chi connectivity index (χ1v) is 5.23. The van der Waals surface area contributed by atoms with Gasteiger partial charge in [0.1, 0.15) is 11.5 Å². The largest absolute Gasteiger partial charge is 0.456 e. The predicted molar refractivity (Wildman–Crippen MR) is 61.7 cm³/mol. The molecular weight excluding hydrogens is 210 g/mol. The Morgan fingerprint density at radius 2 is 2.07 bits per heavy atom. The van der Waals surface area contributed by atoms with Crippen molar-refractivity contribution in [1.82, 2.24) is 0 Å². The lowest BCUT2D eigenvalue weighted by atomic mass is 10.3. The van der Waals surface area contributed by atoms with Gasteiger partial charge in [0.2, 0.25) is 0 Å². The Morgan fingerprint density at radius 3 is 2.80 bits per heavy atom. The number of hydrogen-bond acceptors (Lipinski definition) is 3. The summed E-state index contributed by atoms with van der Waals surface area (Å²) in [4.78, 5) is 4.70. The molecule has 0 amide bonds. The number of aliphatic imine (C=N–C) groups is 1. The molecule has 0 radical (unpaired) electrons. The summed E-state index contributed by atoms with van der Waals surface area (Å²) in [5.41, 5.74) is 0. The van der Waals surface area contributed by atoms with Crippen LogP contribution in [0.3, 0.4) is 0 Å². The maximum atomic E-state index is 10.6. The van der Waals surface area contributed by atoms with Crippen molar-refractivity contribution >= 4 is 22.3 Å². The number of dihydropyridines is 1. The van der Waals surface area contributed by atoms with Crippen molar-refractivity contribution in [2.24, 2.45) is 4.99 Å². The maximum Gasteiger partial charge on any atom is 0.146 e. The summed E-state index contributed by atoms with van der Waals surface area (Å²) in [6.07, 6.45) is 3.35. The van der Waals surface area contributed by atoms with E-state index in [1.54, 1.807) is 12.3 Å². The predicted octanol–water partition coefficient (Wildman–Crippen LogP) is 1.42. The van der Waals surface area contributed by atoms with E-state index in [4.69, 9.17) is 4.74 Å². The molecular formula is C11H9NO2S. The number of benzene rings is 1. The van der Waals surface area contributed by atoms with Crippen LogP contribution in [0.2, 0.25) is 0 Å². The smallest absolute Gasteiger partial charge is 0.146 e. The minimum absolute atomic E-state index is 0.454. The van der Waals surface area contributed by atoms with Gasteiger partial charge in [0.15, 0.2) is 0 Å². The molecule has 0 atom stereocenters. The summed E-state index contributed by atoms with van der Waals surface area (Å²) >= 11 is 0.457. The minimum atomic E-state index is 0.454. The molecule has 1 aromatic rings. The standard InChI is InChI=1S/C11H9NO2S/c13-15-11-6-10(7-12-8-11)14-9-4-2-1-3-5-9/h1-7H,8H2. The number of rotatable bonds is 2. The zero-order valence-corrected chi connectivity index (χ0v) is 8.74. The topological polar surface area (TPSA) is 38.7 Å². The summed E-state index contributed by atoms with van der Waals surface area (Å²) in [5, 5.41) is 0. The van der Waals surface area contributed by atoms with Gasteiger partial charge in [-0.2, -0.15) is 0 Å². The lowest BCUT2D eigenvalue weighted by Crippen LogP contribution is -2.10. The fraction of sp³-hybridized carbons (Fsp3) is 0.0909. The van der Waals surface area contributed by atoms with Crippen molar-refractivity contribution < 1.29 is 8.95 Å². The van der Waals surface area contributed by atoms with Crippen LogP contribution in [-0.2, 0) is 11.3 Å². The highest BCUT2D eigenvalue weighted by atomic mass is 32.1. The Hall–Kier alpha value is -1.68. The molecule has 4 heteroatoms. The Kier molecular flexibility index (Phi) is 3.09. The quantitative estimate of drug-likeness (QED) is 0.705. The summed E-state index contributed by atoms with van der Waals surface area (Å²) in [7, 11) is 0. The number of hydrogen-bond donors (Lipinski definition) is 0. The molecule has 15 heavy (non-hydrogen) atoms. The molecule has 0 N–H and O–H groups in total. The second-order valence-electron chi connectivity index (χ2n) is 2.98. The Labute approximate surface area is 91.2 Å². The molecule has 0 unspecified atom stereocenters. The second-order valence-corrected chi connectivity index (χ2v) is 3.67. The van der Waals surface area contributed by atoms with Gasteiger partial charge in [-0.3, -0.25) is 4.99 Å². The first-order chi connectivity index (χ1) is 7.38. The molecule has 76 valence electrons. The Morgan fingerprint density at radius 1 is 1.27 bits per heavy atom. The van der Waals surface area contributed by atoms with E-state index in [9.17, 15) is 4.21 Å². The molecule has 0 aliphatic carbocycles. The number of para-hydroxylation sites is 1. The summed E-state index contributed by atoms with van der Waals surface area (Å²) < 4.78 is 16.1. The summed E-state index contributed by atoms with van der Waals surface area (Å²) in [6.45, 7) is 0.454. The molecule has 0 fully saturated rings. The van der Waals surface area contributed by atoms with E-state index >= 15 is 0 Å². The third-order valence-corrected chi connectivity index (χ3v) is 2.32. The molecule has 1 aliphatic rings. The van der Waals surface area contributed by atoms with Gasteiger partial charge in [-0.15, -0.1) is 0 Å². The molecule has 1 aromatic carbocycles. The van der Waals surface area contributed by atoms with Crippen LogP contribution in [0.5, 0.6) is 5.75 Å². The van der Waals surface area contributed by atoms with Crippen LogP contribution >= 0.6 is 0 Å². The van der Waals surface area contributed by atoms with E-state index < -0.39 is 0 Å². The van der Waals surface area contributed by atoms with Crippen molar-refractivity contribution in [3.63, 3.8) is 0 Å². The second kappa shape index (κ2) is 4.70. The molecule has 0 saturated carbocycles. The van der Waals surface area contributed by atoms with Crippen LogP contribution < -0.4 is 4.74 Å². The van der Waals surface area contributed by atoms with Crippen molar-refractivity contribution in [2.45, 2.75) is 0 Å². The lowest BCUT2D eigenvalue weighted by molar-refractivity contribution is 0.457. The number of ether oxygens (including phenoxy) is 1. The molecule has 0 spiro atoms. The SMILES string of the molecule is O=S=C1C=C(Oc2ccccc2)C=NC1. The molecule has 3 nitrogen and oxygen atoms in total. The van der Waals surface area contributed by atoms with E-state index in [-0.39, 0.29) is 0 Å². The van der Waals surface area contributed by atoms with Crippen molar-refractivity contribution in [1.29, 1.82) is 0 Å². The maximum absolute atomic E-state index is 10.6. The molecule has 0 saturated heterocycles. The zero-order chi connectivity index (χ0) is 10.5. The van der Waals surface area contributed by atoms with Crippen LogP contribution in [-0.4, -0.2) is 21.8 Å². The fourth-order valence-electron chi connectivity index (χ4n) is 1.20. The summed E-state index contributed by atoms with van der Waals surface area (Å²) in [6, 6.07) is 9.41. The molecule has 2 rings (SSSR count). The number of nitrogens with zero attached hydrogens (tertiary/aromatic N) is 1. The van der Waals surface area contributed by atoms with Crippen LogP contribution in [0.4, 0.5) is 0 Å². The van der Waals surface area contributed by atoms with Gasteiger partial charge >= 0.3 is 0 Å². The molecule has 0 bridgehead atoms. The van der Waals surface area contributed by atoms with Crippen molar-refractivity contribution in [3.05, 3.63) is 42.2 Å². The van der Waals surface area contributed by atoms with Gasteiger partial charge < -0.3 is 4.74 Å². The highest BCUT2D eigenvalue weighted by Gasteiger charge is 2.05. The lowest BCUT2D eigenvalue weighted by Gasteiger charge is -2.08. The third-order valence-electron chi connectivity index (χ3n) is 1.85. The van der Waals surface area contributed by atoms with Gasteiger partial charge in [0, 0.05) is 6.08 Å². The van der Waals surface area contributed by atoms with Crippen LogP contribution in [0.1, 0.15) is 0 Å². The van der Waals surface area contributed by atoms with Gasteiger partial charge in [-0.25, -0.2) is 4.21 Å². The first kappa shape index (κ1) is 9.86. The minimum Gasteiger partial charge on any atom is -0.456 e. The summed E-state index contributed by atoms with van der Waals surface area (Å²) in [5.74, 6) is 1.35. The van der Waals surface area contributed by atoms with E-state index in [0.29, 0.717) is 28.4 Å². The van der Waals surface area contributed by atoms with Crippen LogP contribution in [0.25, 0.3) is 0 Å². The van der Waals surface area contributed by atoms with Crippen LogP contribution in [0.15, 0.2) is 47.2 Å². The van der Waals surface area contributed by atoms with Crippen molar-refractivity contribution in [2.75, 3.05) is 6.54 Å². The van der Waals surface area contributed by atoms with Gasteiger partial charge in [0.05, 0.1) is 28.9 Å². The third kappa shape index (κ3) is 2.63. The Bertz CT molecular complexity index is 459. The normalized spacial score (nSPS) is 14.7. The molecule has 0 aromatic heterocycles. The van der Waals surface area contributed by atoms with E-state index in [2.05, 4.69) is 4.99 Å². The molecule has 1 aliphatic heterocycles. The molecule has 1 heterocycles. The van der Waals surface area contributed by atoms with Crippen molar-refractivity contribution in [3.8, 4) is 5.75 Å². The fourth-order valence-corrected chi connectivity index (χ4v) is 1.49. The number of allylic oxidation sites excluding steroid dienone is 1. The Balaban J connectivity index is 2.16. The van der Waals surface area contributed by atoms with E-state index in [1.807, 2.05) is 30.3 Å². The van der Waals surface area contributed by atoms with Crippen LogP contribution in [0, 0.1) is 0 Å². The van der Waals surface area contributed by atoms with Gasteiger partial charge in [-0.1, -0.05) is 18.2 Å². The average Bonchev–Trinajstić information content (AvgIpc) is 2.31. The zero-order valence-electron chi connectivity index (χ0n) is 7.92. The van der Waals surface area contributed by atoms with E-state index in [1.165, 1.54) is 0 Å². The average molecular weight is 219 g/mol. The van der Waals surface area contributed by atoms with E-state index in [0.717, 1.165) is 5.75 Å².